The maximum Gasteiger partial charge on any atom is 0.245 e. The van der Waals surface area contributed by atoms with Crippen LogP contribution >= 0.6 is 0 Å². The number of ether oxygens (including phenoxy) is 1. The first-order valence-electron chi connectivity index (χ1n) is 13.2. The topological polar surface area (TPSA) is 149 Å². The first kappa shape index (κ1) is 32.0. The largest absolute Gasteiger partial charge is 0.391 e. The molecule has 1 unspecified atom stereocenters. The maximum absolute atomic E-state index is 13.3. The SMILES string of the molecule is CC[C@H](C)[C@H](NC)C(=O)N[C@H](C(=O)N[C@H](C(=O)NC(CC(C)C)C(=O)[C@@]1(C)CO1)[C@@H](C)O)[C@@H](C)CC. The van der Waals surface area contributed by atoms with Crippen molar-refractivity contribution < 1.29 is 29.0 Å². The number of carbonyl (C=O) groups is 4. The molecule has 208 valence electrons. The fraction of sp³-hybridized carbons (Fsp3) is 0.846. The Morgan fingerprint density at radius 3 is 1.69 bits per heavy atom. The van der Waals surface area contributed by atoms with Crippen LogP contribution in [0.15, 0.2) is 0 Å². The van der Waals surface area contributed by atoms with Crippen LogP contribution in [0.5, 0.6) is 0 Å². The van der Waals surface area contributed by atoms with Gasteiger partial charge in [-0.05, 0) is 45.1 Å². The summed E-state index contributed by atoms with van der Waals surface area (Å²) in [6.07, 6.45) is 0.566. The van der Waals surface area contributed by atoms with Crippen molar-refractivity contribution in [2.24, 2.45) is 17.8 Å². The molecule has 5 N–H and O–H groups in total. The third-order valence-electron chi connectivity index (χ3n) is 7.10. The van der Waals surface area contributed by atoms with E-state index in [1.165, 1.54) is 6.92 Å². The Labute approximate surface area is 216 Å². The molecule has 0 spiro atoms. The fourth-order valence-corrected chi connectivity index (χ4v) is 4.09. The average Bonchev–Trinajstić information content (AvgIpc) is 3.57. The maximum atomic E-state index is 13.3. The Hall–Kier alpha value is -2.04. The Morgan fingerprint density at radius 2 is 1.28 bits per heavy atom. The second kappa shape index (κ2) is 14.0. The van der Waals surface area contributed by atoms with Crippen LogP contribution in [0.4, 0.5) is 0 Å². The molecule has 1 fully saturated rings. The number of hydrogen-bond acceptors (Lipinski definition) is 7. The summed E-state index contributed by atoms with van der Waals surface area (Å²) in [6, 6.07) is -3.48. The van der Waals surface area contributed by atoms with Crippen molar-refractivity contribution in [3.05, 3.63) is 0 Å². The van der Waals surface area contributed by atoms with Gasteiger partial charge in [-0.1, -0.05) is 54.4 Å². The molecule has 1 rings (SSSR count). The normalized spacial score (nSPS) is 23.0. The van der Waals surface area contributed by atoms with Crippen molar-refractivity contribution in [2.45, 2.75) is 111 Å². The zero-order chi connectivity index (χ0) is 27.8. The minimum Gasteiger partial charge on any atom is -0.391 e. The molecule has 0 aromatic rings. The van der Waals surface area contributed by atoms with Crippen molar-refractivity contribution in [1.82, 2.24) is 21.3 Å². The first-order valence-corrected chi connectivity index (χ1v) is 13.2. The van der Waals surface area contributed by atoms with Crippen LogP contribution in [-0.4, -0.2) is 78.1 Å². The molecule has 10 nitrogen and oxygen atoms in total. The number of aliphatic hydroxyl groups excluding tert-OH is 1. The van der Waals surface area contributed by atoms with E-state index >= 15 is 0 Å². The number of aliphatic hydroxyl groups is 1. The lowest BCUT2D eigenvalue weighted by Crippen LogP contribution is -2.61. The van der Waals surface area contributed by atoms with Crippen LogP contribution in [0.2, 0.25) is 0 Å². The number of ketones is 1. The van der Waals surface area contributed by atoms with Gasteiger partial charge in [-0.25, -0.2) is 0 Å². The number of nitrogens with one attached hydrogen (secondary N) is 4. The molecular weight excluding hydrogens is 464 g/mol. The summed E-state index contributed by atoms with van der Waals surface area (Å²) in [5, 5.41) is 21.5. The first-order chi connectivity index (χ1) is 16.7. The molecule has 10 heteroatoms. The van der Waals surface area contributed by atoms with Crippen LogP contribution in [0.3, 0.4) is 0 Å². The van der Waals surface area contributed by atoms with Crippen LogP contribution < -0.4 is 21.3 Å². The Morgan fingerprint density at radius 1 is 0.833 bits per heavy atom. The van der Waals surface area contributed by atoms with Gasteiger partial charge in [0, 0.05) is 0 Å². The molecule has 0 aromatic heterocycles. The summed E-state index contributed by atoms with van der Waals surface area (Å²) in [4.78, 5) is 52.3. The van der Waals surface area contributed by atoms with E-state index in [0.717, 1.165) is 6.42 Å². The zero-order valence-electron chi connectivity index (χ0n) is 23.4. The molecule has 0 aromatic carbocycles. The summed E-state index contributed by atoms with van der Waals surface area (Å²) >= 11 is 0. The van der Waals surface area contributed by atoms with Gasteiger partial charge in [0.05, 0.1) is 24.8 Å². The molecule has 0 radical (unpaired) electrons. The van der Waals surface area contributed by atoms with Gasteiger partial charge in [0.2, 0.25) is 17.7 Å². The van der Waals surface area contributed by atoms with Gasteiger partial charge in [-0.15, -0.1) is 0 Å². The highest BCUT2D eigenvalue weighted by molar-refractivity contribution is 5.98. The monoisotopic (exact) mass is 512 g/mol. The highest BCUT2D eigenvalue weighted by atomic mass is 16.6. The third kappa shape index (κ3) is 8.81. The average molecular weight is 513 g/mol. The molecule has 1 heterocycles. The minimum absolute atomic E-state index is 0.0550. The molecule has 1 aliphatic heterocycles. The summed E-state index contributed by atoms with van der Waals surface area (Å²) in [5.74, 6) is -1.80. The van der Waals surface area contributed by atoms with E-state index in [1.54, 1.807) is 14.0 Å². The van der Waals surface area contributed by atoms with Crippen LogP contribution in [-0.2, 0) is 23.9 Å². The minimum atomic E-state index is -1.30. The third-order valence-corrected chi connectivity index (χ3v) is 7.10. The summed E-state index contributed by atoms with van der Waals surface area (Å²) in [7, 11) is 1.70. The number of carbonyl (C=O) groups excluding carboxylic acids is 4. The number of Topliss-reactive ketones (excluding diaryl/α,β-unsaturated/α-hetero) is 1. The highest BCUT2D eigenvalue weighted by Gasteiger charge is 2.50. The summed E-state index contributed by atoms with van der Waals surface area (Å²) < 4.78 is 5.27. The number of epoxide rings is 1. The van der Waals surface area contributed by atoms with Gasteiger partial charge in [-0.2, -0.15) is 0 Å². The second-order valence-corrected chi connectivity index (χ2v) is 10.8. The van der Waals surface area contributed by atoms with Crippen LogP contribution in [0.25, 0.3) is 0 Å². The standard InChI is InChI=1S/C26H48N4O6/c1-10-15(5)19(27-9)23(33)29-20(16(6)11-2)24(34)30-21(17(7)31)25(35)28-18(12-14(3)4)22(32)26(8)13-36-26/h14-21,27,31H,10-13H2,1-9H3,(H,28,35)(H,29,33)(H,30,34)/t15-,16-,17+,18?,19-,20-,21-,26+/m0/s1. The Balaban J connectivity index is 3.05. The highest BCUT2D eigenvalue weighted by Crippen LogP contribution is 2.29. The Bertz CT molecular complexity index is 768. The number of amides is 3. The van der Waals surface area contributed by atoms with Crippen molar-refractivity contribution in [3.8, 4) is 0 Å². The second-order valence-electron chi connectivity index (χ2n) is 10.8. The van der Waals surface area contributed by atoms with E-state index < -0.39 is 47.7 Å². The molecule has 36 heavy (non-hydrogen) atoms. The number of likely N-dealkylation sites (N-methyl/N-ethyl adjacent to an activating group) is 1. The number of hydrogen-bond donors (Lipinski definition) is 5. The zero-order valence-corrected chi connectivity index (χ0v) is 23.4. The fourth-order valence-electron chi connectivity index (χ4n) is 4.09. The molecule has 0 saturated carbocycles. The molecule has 1 saturated heterocycles. The predicted molar refractivity (Wildman–Crippen MR) is 138 cm³/mol. The van der Waals surface area contributed by atoms with Crippen LogP contribution in [0.1, 0.15) is 74.7 Å². The van der Waals surface area contributed by atoms with E-state index in [2.05, 4.69) is 21.3 Å². The van der Waals surface area contributed by atoms with E-state index in [4.69, 9.17) is 4.74 Å². The molecule has 8 atom stereocenters. The summed E-state index contributed by atoms with van der Waals surface area (Å²) in [6.45, 7) is 14.9. The predicted octanol–water partition coefficient (Wildman–Crippen LogP) is 0.906. The smallest absolute Gasteiger partial charge is 0.245 e. The van der Waals surface area contributed by atoms with Crippen LogP contribution in [0, 0.1) is 17.8 Å². The van der Waals surface area contributed by atoms with Crippen molar-refractivity contribution in [1.29, 1.82) is 0 Å². The molecule has 1 aliphatic rings. The summed E-state index contributed by atoms with van der Waals surface area (Å²) in [5.41, 5.74) is -0.915. The van der Waals surface area contributed by atoms with E-state index in [0.29, 0.717) is 19.4 Å². The van der Waals surface area contributed by atoms with Crippen molar-refractivity contribution in [3.63, 3.8) is 0 Å². The van der Waals surface area contributed by atoms with E-state index in [9.17, 15) is 24.3 Å². The lowest BCUT2D eigenvalue weighted by atomic mass is 9.93. The van der Waals surface area contributed by atoms with E-state index in [1.807, 2.05) is 41.5 Å². The van der Waals surface area contributed by atoms with Gasteiger partial charge in [0.1, 0.15) is 17.7 Å². The van der Waals surface area contributed by atoms with Gasteiger partial charge in [0.25, 0.3) is 0 Å². The lowest BCUT2D eigenvalue weighted by Gasteiger charge is -2.30. The van der Waals surface area contributed by atoms with Crippen molar-refractivity contribution >= 4 is 23.5 Å². The Kier molecular flexibility index (Phi) is 12.5. The quantitative estimate of drug-likeness (QED) is 0.193. The molecular formula is C26H48N4O6. The molecule has 0 aliphatic carbocycles. The molecule has 3 amide bonds. The van der Waals surface area contributed by atoms with E-state index in [-0.39, 0.29) is 29.4 Å². The molecule has 0 bridgehead atoms. The van der Waals surface area contributed by atoms with Gasteiger partial charge >= 0.3 is 0 Å². The number of rotatable bonds is 16. The van der Waals surface area contributed by atoms with Crippen molar-refractivity contribution in [2.75, 3.05) is 13.7 Å². The van der Waals surface area contributed by atoms with Gasteiger partial charge in [-0.3, -0.25) is 19.2 Å². The van der Waals surface area contributed by atoms with Gasteiger partial charge in [0.15, 0.2) is 5.78 Å². The van der Waals surface area contributed by atoms with Gasteiger partial charge < -0.3 is 31.1 Å². The lowest BCUT2D eigenvalue weighted by molar-refractivity contribution is -0.137.